The standard InChI is InChI=1S/C24H24N4O2S2/c1-17-12-20-13-19(8-9-22(20)28(17)32(2,29)30)21-16-31-24(26-21)14-23-25-10-11-27(23)15-18-6-4-3-5-7-18/h3-11,13,16-17H,12,14-15H2,1-2H3. The fraction of sp³-hybridized carbons (Fsp3) is 0.250. The number of benzene rings is 2. The second kappa shape index (κ2) is 8.18. The maximum Gasteiger partial charge on any atom is 0.232 e. The number of imidazole rings is 1. The summed E-state index contributed by atoms with van der Waals surface area (Å²) in [6.07, 6.45) is 6.49. The van der Waals surface area contributed by atoms with Crippen LogP contribution in [0, 0.1) is 0 Å². The molecule has 0 spiro atoms. The Kier molecular flexibility index (Phi) is 5.35. The predicted molar refractivity (Wildman–Crippen MR) is 129 cm³/mol. The zero-order valence-corrected chi connectivity index (χ0v) is 19.6. The van der Waals surface area contributed by atoms with Crippen molar-refractivity contribution < 1.29 is 8.42 Å². The summed E-state index contributed by atoms with van der Waals surface area (Å²) in [5, 5.41) is 3.07. The fourth-order valence-corrected chi connectivity index (χ4v) is 6.42. The molecule has 2 aromatic heterocycles. The van der Waals surface area contributed by atoms with Crippen LogP contribution in [-0.4, -0.2) is 35.3 Å². The van der Waals surface area contributed by atoms with Gasteiger partial charge in [-0.2, -0.15) is 0 Å². The van der Waals surface area contributed by atoms with E-state index in [1.807, 2.05) is 49.6 Å². The molecule has 1 unspecified atom stereocenters. The second-order valence-corrected chi connectivity index (χ2v) is 11.0. The molecule has 32 heavy (non-hydrogen) atoms. The van der Waals surface area contributed by atoms with Crippen LogP contribution in [0.25, 0.3) is 11.3 Å². The third-order valence-corrected chi connectivity index (χ3v) is 7.86. The molecule has 8 heteroatoms. The summed E-state index contributed by atoms with van der Waals surface area (Å²) in [5.74, 6) is 0.987. The minimum atomic E-state index is -3.28. The van der Waals surface area contributed by atoms with Gasteiger partial charge in [0.2, 0.25) is 10.0 Å². The van der Waals surface area contributed by atoms with Crippen LogP contribution in [0.5, 0.6) is 0 Å². The summed E-state index contributed by atoms with van der Waals surface area (Å²) >= 11 is 1.63. The molecule has 1 atom stereocenters. The molecular formula is C24H24N4O2S2. The molecule has 0 bridgehead atoms. The van der Waals surface area contributed by atoms with E-state index in [0.29, 0.717) is 12.8 Å². The van der Waals surface area contributed by atoms with E-state index < -0.39 is 10.0 Å². The second-order valence-electron chi connectivity index (χ2n) is 8.22. The molecule has 0 fully saturated rings. The van der Waals surface area contributed by atoms with Crippen molar-refractivity contribution in [3.8, 4) is 11.3 Å². The Balaban J connectivity index is 1.36. The van der Waals surface area contributed by atoms with Crippen LogP contribution < -0.4 is 4.31 Å². The molecule has 1 aliphatic rings. The lowest BCUT2D eigenvalue weighted by atomic mass is 10.1. The molecule has 0 saturated carbocycles. The SMILES string of the molecule is CC1Cc2cc(-c3csc(Cc4nccn4Cc4ccccc4)n3)ccc2N1S(C)(=O)=O. The number of thiazole rings is 1. The van der Waals surface area contributed by atoms with E-state index in [4.69, 9.17) is 4.98 Å². The van der Waals surface area contributed by atoms with Crippen LogP contribution in [0.1, 0.15) is 28.9 Å². The first kappa shape index (κ1) is 20.9. The Bertz CT molecular complexity index is 1360. The molecule has 6 nitrogen and oxygen atoms in total. The fourth-order valence-electron chi connectivity index (χ4n) is 4.36. The van der Waals surface area contributed by atoms with E-state index >= 15 is 0 Å². The molecule has 0 N–H and O–H groups in total. The van der Waals surface area contributed by atoms with Gasteiger partial charge in [0.25, 0.3) is 0 Å². The first-order chi connectivity index (χ1) is 15.4. The van der Waals surface area contributed by atoms with Gasteiger partial charge in [0.05, 0.1) is 24.1 Å². The number of nitrogens with zero attached hydrogens (tertiary/aromatic N) is 4. The van der Waals surface area contributed by atoms with E-state index in [1.54, 1.807) is 11.3 Å². The maximum atomic E-state index is 12.2. The molecule has 2 aromatic carbocycles. The normalized spacial score (nSPS) is 15.8. The summed E-state index contributed by atoms with van der Waals surface area (Å²) in [6.45, 7) is 2.73. The smallest absolute Gasteiger partial charge is 0.232 e. The number of anilines is 1. The van der Waals surface area contributed by atoms with Crippen LogP contribution in [0.3, 0.4) is 0 Å². The van der Waals surface area contributed by atoms with Crippen LogP contribution in [0.15, 0.2) is 66.3 Å². The molecule has 0 amide bonds. The van der Waals surface area contributed by atoms with Gasteiger partial charge in [-0.3, -0.25) is 4.31 Å². The first-order valence-electron chi connectivity index (χ1n) is 10.5. The minimum absolute atomic E-state index is 0.0651. The zero-order valence-electron chi connectivity index (χ0n) is 18.0. The minimum Gasteiger partial charge on any atom is -0.330 e. The third kappa shape index (κ3) is 4.08. The predicted octanol–water partition coefficient (Wildman–Crippen LogP) is 4.36. The molecule has 164 valence electrons. The molecule has 0 radical (unpaired) electrons. The number of hydrogen-bond donors (Lipinski definition) is 0. The molecule has 0 aliphatic carbocycles. The van der Waals surface area contributed by atoms with E-state index in [-0.39, 0.29) is 6.04 Å². The van der Waals surface area contributed by atoms with Gasteiger partial charge in [-0.15, -0.1) is 11.3 Å². The summed E-state index contributed by atoms with van der Waals surface area (Å²) in [5.41, 5.74) is 5.00. The quantitative estimate of drug-likeness (QED) is 0.425. The van der Waals surface area contributed by atoms with Crippen molar-refractivity contribution in [3.05, 3.63) is 88.3 Å². The molecular weight excluding hydrogens is 440 g/mol. The Morgan fingerprint density at radius 2 is 1.97 bits per heavy atom. The van der Waals surface area contributed by atoms with Crippen LogP contribution in [-0.2, 0) is 29.4 Å². The topological polar surface area (TPSA) is 68.1 Å². The highest BCUT2D eigenvalue weighted by molar-refractivity contribution is 7.92. The highest BCUT2D eigenvalue weighted by Gasteiger charge is 2.32. The van der Waals surface area contributed by atoms with Crippen molar-refractivity contribution >= 4 is 27.0 Å². The lowest BCUT2D eigenvalue weighted by Crippen LogP contribution is -2.34. The summed E-state index contributed by atoms with van der Waals surface area (Å²) in [6, 6.07) is 16.2. The van der Waals surface area contributed by atoms with Crippen molar-refractivity contribution in [2.75, 3.05) is 10.6 Å². The van der Waals surface area contributed by atoms with Gasteiger partial charge in [-0.1, -0.05) is 36.4 Å². The Labute approximate surface area is 192 Å². The van der Waals surface area contributed by atoms with Gasteiger partial charge in [-0.05, 0) is 36.6 Å². The summed E-state index contributed by atoms with van der Waals surface area (Å²) < 4.78 is 28.0. The monoisotopic (exact) mass is 464 g/mol. The molecule has 4 aromatic rings. The lowest BCUT2D eigenvalue weighted by molar-refractivity contribution is 0.590. The van der Waals surface area contributed by atoms with Gasteiger partial charge in [-0.25, -0.2) is 18.4 Å². The lowest BCUT2D eigenvalue weighted by Gasteiger charge is -2.21. The molecule has 1 aliphatic heterocycles. The summed E-state index contributed by atoms with van der Waals surface area (Å²) in [7, 11) is -3.28. The average Bonchev–Trinajstić information content (AvgIpc) is 3.46. The van der Waals surface area contributed by atoms with Crippen LogP contribution in [0.2, 0.25) is 0 Å². The third-order valence-electron chi connectivity index (χ3n) is 5.74. The summed E-state index contributed by atoms with van der Waals surface area (Å²) in [4.78, 5) is 9.39. The van der Waals surface area contributed by atoms with E-state index in [0.717, 1.165) is 39.9 Å². The highest BCUT2D eigenvalue weighted by atomic mass is 32.2. The van der Waals surface area contributed by atoms with Gasteiger partial charge in [0.1, 0.15) is 10.8 Å². The van der Waals surface area contributed by atoms with Crippen molar-refractivity contribution in [2.45, 2.75) is 32.4 Å². The highest BCUT2D eigenvalue weighted by Crippen LogP contribution is 2.37. The number of hydrogen-bond acceptors (Lipinski definition) is 5. The Hall–Kier alpha value is -2.97. The van der Waals surface area contributed by atoms with E-state index in [2.05, 4.69) is 33.1 Å². The number of aromatic nitrogens is 3. The Morgan fingerprint density at radius 3 is 2.75 bits per heavy atom. The van der Waals surface area contributed by atoms with Gasteiger partial charge in [0, 0.05) is 35.9 Å². The number of rotatable bonds is 6. The van der Waals surface area contributed by atoms with Crippen molar-refractivity contribution in [1.29, 1.82) is 0 Å². The van der Waals surface area contributed by atoms with Gasteiger partial charge >= 0.3 is 0 Å². The molecule has 3 heterocycles. The van der Waals surface area contributed by atoms with E-state index in [9.17, 15) is 8.42 Å². The van der Waals surface area contributed by atoms with Crippen molar-refractivity contribution in [2.24, 2.45) is 0 Å². The maximum absolute atomic E-state index is 12.2. The van der Waals surface area contributed by atoms with Crippen LogP contribution >= 0.6 is 11.3 Å². The van der Waals surface area contributed by atoms with Crippen molar-refractivity contribution in [3.63, 3.8) is 0 Å². The Morgan fingerprint density at radius 1 is 1.16 bits per heavy atom. The van der Waals surface area contributed by atoms with E-state index in [1.165, 1.54) is 16.1 Å². The van der Waals surface area contributed by atoms with Crippen LogP contribution in [0.4, 0.5) is 5.69 Å². The first-order valence-corrected chi connectivity index (χ1v) is 13.2. The molecule has 5 rings (SSSR count). The van der Waals surface area contributed by atoms with Gasteiger partial charge < -0.3 is 4.57 Å². The molecule has 0 saturated heterocycles. The largest absolute Gasteiger partial charge is 0.330 e. The zero-order chi connectivity index (χ0) is 22.3. The number of fused-ring (bicyclic) bond motifs is 1. The average molecular weight is 465 g/mol. The van der Waals surface area contributed by atoms with Gasteiger partial charge in [0.15, 0.2) is 0 Å². The number of sulfonamides is 1. The van der Waals surface area contributed by atoms with Crippen molar-refractivity contribution in [1.82, 2.24) is 14.5 Å².